The number of piperidine rings is 1. The van der Waals surface area contributed by atoms with Crippen molar-refractivity contribution in [2.24, 2.45) is 0 Å². The number of benzene rings is 4. The topological polar surface area (TPSA) is 113 Å². The van der Waals surface area contributed by atoms with Crippen molar-refractivity contribution < 1.29 is 41.1 Å². The van der Waals surface area contributed by atoms with Crippen LogP contribution in [0.4, 0.5) is 10.5 Å². The molecule has 0 saturated carbocycles. The van der Waals surface area contributed by atoms with E-state index in [2.05, 4.69) is 11.0 Å². The molecule has 4 aromatic rings. The van der Waals surface area contributed by atoms with Gasteiger partial charge in [0, 0.05) is 39.1 Å². The highest BCUT2D eigenvalue weighted by Crippen LogP contribution is 2.35. The zero-order valence-corrected chi connectivity index (χ0v) is 31.9. The van der Waals surface area contributed by atoms with Gasteiger partial charge in [0.2, 0.25) is 0 Å². The molecule has 2 aliphatic heterocycles. The molecule has 4 aromatic carbocycles. The lowest BCUT2D eigenvalue weighted by molar-refractivity contribution is -0.0246. The standard InChI is InChI=1S/C42H50N2O9S/c1-32-10-17-37(18-11-32)54(46,47)53-26-7-25-49-36-15-13-35(14-16-36)38-20-22-44(42(45)52-30-33-8-4-3-5-9-33)29-41(38)51-31-34-12-19-40-39(28-34)43(23-27-50-40)21-6-24-48-2/h3-5,8-19,28,38,41H,6-7,20-27,29-31H2,1-2H3. The molecule has 0 bridgehead atoms. The molecule has 6 rings (SSSR count). The molecule has 2 heterocycles. The minimum atomic E-state index is -3.82. The van der Waals surface area contributed by atoms with E-state index in [9.17, 15) is 13.2 Å². The number of rotatable bonds is 17. The number of anilines is 1. The van der Waals surface area contributed by atoms with Crippen molar-refractivity contribution in [1.82, 2.24) is 4.90 Å². The molecule has 0 radical (unpaired) electrons. The molecule has 2 aliphatic rings. The Hall–Kier alpha value is -4.62. The maximum Gasteiger partial charge on any atom is 0.410 e. The Morgan fingerprint density at radius 3 is 2.43 bits per heavy atom. The third kappa shape index (κ3) is 10.7. The van der Waals surface area contributed by atoms with Crippen molar-refractivity contribution >= 4 is 21.9 Å². The molecule has 1 amide bonds. The zero-order valence-electron chi connectivity index (χ0n) is 31.1. The van der Waals surface area contributed by atoms with Gasteiger partial charge >= 0.3 is 6.09 Å². The van der Waals surface area contributed by atoms with Crippen LogP contribution in [0.5, 0.6) is 11.5 Å². The number of hydrogen-bond acceptors (Lipinski definition) is 10. The lowest BCUT2D eigenvalue weighted by Crippen LogP contribution is -2.47. The molecule has 0 aliphatic carbocycles. The number of methoxy groups -OCH3 is 1. The Morgan fingerprint density at radius 2 is 1.65 bits per heavy atom. The van der Waals surface area contributed by atoms with Gasteiger partial charge in [0.1, 0.15) is 24.7 Å². The SMILES string of the molecule is COCCCN1CCOc2ccc(COC3CN(C(=O)OCc4ccccc4)CCC3c3ccc(OCCCOS(=O)(=O)c4ccc(C)cc4)cc3)cc21. The number of likely N-dealkylation sites (tertiary alicyclic amines) is 1. The number of aryl methyl sites for hydroxylation is 1. The summed E-state index contributed by atoms with van der Waals surface area (Å²) in [4.78, 5) is 17.4. The summed E-state index contributed by atoms with van der Waals surface area (Å²) >= 11 is 0. The fourth-order valence-electron chi connectivity index (χ4n) is 6.69. The van der Waals surface area contributed by atoms with E-state index >= 15 is 0 Å². The van der Waals surface area contributed by atoms with Crippen LogP contribution >= 0.6 is 0 Å². The zero-order chi connectivity index (χ0) is 37.8. The highest BCUT2D eigenvalue weighted by atomic mass is 32.2. The van der Waals surface area contributed by atoms with Gasteiger partial charge in [0.25, 0.3) is 10.1 Å². The third-order valence-corrected chi connectivity index (χ3v) is 11.0. The summed E-state index contributed by atoms with van der Waals surface area (Å²) in [6.45, 7) is 6.76. The quantitative estimate of drug-likeness (QED) is 0.0816. The molecule has 1 fully saturated rings. The van der Waals surface area contributed by atoms with Gasteiger partial charge in [-0.25, -0.2) is 4.79 Å². The predicted molar refractivity (Wildman–Crippen MR) is 206 cm³/mol. The molecular weight excluding hydrogens is 709 g/mol. The Morgan fingerprint density at radius 1 is 0.852 bits per heavy atom. The van der Waals surface area contributed by atoms with Crippen molar-refractivity contribution in [2.75, 3.05) is 64.6 Å². The molecule has 12 heteroatoms. The lowest BCUT2D eigenvalue weighted by atomic mass is 9.87. The van der Waals surface area contributed by atoms with Gasteiger partial charge in [0.15, 0.2) is 0 Å². The van der Waals surface area contributed by atoms with Crippen LogP contribution in [0.25, 0.3) is 0 Å². The van der Waals surface area contributed by atoms with E-state index in [0.717, 1.165) is 53.2 Å². The minimum Gasteiger partial charge on any atom is -0.494 e. The van der Waals surface area contributed by atoms with Crippen LogP contribution in [0.15, 0.2) is 102 Å². The fraction of sp³-hybridized carbons (Fsp3) is 0.405. The Labute approximate surface area is 318 Å². The second kappa shape index (κ2) is 19.1. The number of ether oxygens (including phenoxy) is 5. The number of carbonyl (C=O) groups is 1. The van der Waals surface area contributed by atoms with E-state index in [-0.39, 0.29) is 36.2 Å². The van der Waals surface area contributed by atoms with Gasteiger partial charge in [0.05, 0.1) is 49.6 Å². The molecule has 288 valence electrons. The van der Waals surface area contributed by atoms with Crippen LogP contribution in [0.1, 0.15) is 47.4 Å². The Bertz CT molecular complexity index is 1890. The van der Waals surface area contributed by atoms with E-state index < -0.39 is 10.1 Å². The van der Waals surface area contributed by atoms with Crippen LogP contribution < -0.4 is 14.4 Å². The van der Waals surface area contributed by atoms with Crippen molar-refractivity contribution in [1.29, 1.82) is 0 Å². The van der Waals surface area contributed by atoms with Crippen molar-refractivity contribution in [3.05, 3.63) is 119 Å². The number of fused-ring (bicyclic) bond motifs is 1. The van der Waals surface area contributed by atoms with Gasteiger partial charge in [-0.1, -0.05) is 66.2 Å². The third-order valence-electron chi connectivity index (χ3n) is 9.66. The van der Waals surface area contributed by atoms with Crippen LogP contribution in [0.3, 0.4) is 0 Å². The number of hydrogen-bond donors (Lipinski definition) is 0. The first-order valence-corrected chi connectivity index (χ1v) is 20.0. The molecule has 0 aromatic heterocycles. The van der Waals surface area contributed by atoms with Crippen LogP contribution in [0.2, 0.25) is 0 Å². The summed E-state index contributed by atoms with van der Waals surface area (Å²) < 4.78 is 59.6. The van der Waals surface area contributed by atoms with E-state index in [4.69, 9.17) is 27.9 Å². The highest BCUT2D eigenvalue weighted by Gasteiger charge is 2.34. The summed E-state index contributed by atoms with van der Waals surface area (Å²) in [6.07, 6.45) is 1.38. The highest BCUT2D eigenvalue weighted by molar-refractivity contribution is 7.86. The molecular formula is C42H50N2O9S. The minimum absolute atomic E-state index is 0.0166. The molecule has 11 nitrogen and oxygen atoms in total. The average molecular weight is 759 g/mol. The molecule has 0 spiro atoms. The molecule has 2 atom stereocenters. The molecule has 54 heavy (non-hydrogen) atoms. The first kappa shape index (κ1) is 39.1. The van der Waals surface area contributed by atoms with Gasteiger partial charge in [-0.15, -0.1) is 0 Å². The van der Waals surface area contributed by atoms with Crippen molar-refractivity contribution in [2.45, 2.75) is 56.3 Å². The van der Waals surface area contributed by atoms with E-state index in [1.807, 2.05) is 73.7 Å². The number of amides is 1. The second-order valence-electron chi connectivity index (χ2n) is 13.6. The summed E-state index contributed by atoms with van der Waals surface area (Å²) in [6, 6.07) is 30.3. The van der Waals surface area contributed by atoms with Crippen molar-refractivity contribution in [3.8, 4) is 11.5 Å². The normalized spacial score (nSPS) is 17.1. The van der Waals surface area contributed by atoms with E-state index in [1.54, 1.807) is 36.3 Å². The van der Waals surface area contributed by atoms with Crippen LogP contribution in [-0.4, -0.2) is 85.2 Å². The van der Waals surface area contributed by atoms with Gasteiger partial charge in [-0.3, -0.25) is 4.18 Å². The summed E-state index contributed by atoms with van der Waals surface area (Å²) in [5.74, 6) is 1.57. The monoisotopic (exact) mass is 758 g/mol. The first-order chi connectivity index (χ1) is 26.3. The van der Waals surface area contributed by atoms with E-state index in [1.165, 1.54) is 0 Å². The van der Waals surface area contributed by atoms with Crippen LogP contribution in [0, 0.1) is 6.92 Å². The number of carbonyl (C=O) groups excluding carboxylic acids is 1. The molecule has 1 saturated heterocycles. The van der Waals surface area contributed by atoms with E-state index in [0.29, 0.717) is 58.1 Å². The fourth-order valence-corrected chi connectivity index (χ4v) is 7.63. The summed E-state index contributed by atoms with van der Waals surface area (Å²) in [5.41, 5.74) is 5.07. The summed E-state index contributed by atoms with van der Waals surface area (Å²) in [7, 11) is -2.10. The largest absolute Gasteiger partial charge is 0.494 e. The smallest absolute Gasteiger partial charge is 0.410 e. The molecule has 0 N–H and O–H groups in total. The molecule has 2 unspecified atom stereocenters. The maximum atomic E-state index is 13.2. The first-order valence-electron chi connectivity index (χ1n) is 18.5. The average Bonchev–Trinajstić information content (AvgIpc) is 3.20. The van der Waals surface area contributed by atoms with Gasteiger partial charge in [-0.2, -0.15) is 8.42 Å². The second-order valence-corrected chi connectivity index (χ2v) is 15.2. The Kier molecular flexibility index (Phi) is 13.8. The number of nitrogens with zero attached hydrogens (tertiary/aromatic N) is 2. The van der Waals surface area contributed by atoms with Gasteiger partial charge in [-0.05, 0) is 72.9 Å². The summed E-state index contributed by atoms with van der Waals surface area (Å²) in [5, 5.41) is 0. The van der Waals surface area contributed by atoms with Crippen LogP contribution in [-0.2, 0) is 41.7 Å². The van der Waals surface area contributed by atoms with Gasteiger partial charge < -0.3 is 33.5 Å². The lowest BCUT2D eigenvalue weighted by Gasteiger charge is -2.38. The van der Waals surface area contributed by atoms with Crippen molar-refractivity contribution in [3.63, 3.8) is 0 Å². The predicted octanol–water partition coefficient (Wildman–Crippen LogP) is 7.12. The maximum absolute atomic E-state index is 13.2. The Balaban J connectivity index is 1.07.